The number of hydrogen-bond donors (Lipinski definition) is 1. The van der Waals surface area contributed by atoms with E-state index in [1.807, 2.05) is 4.98 Å². The minimum absolute atomic E-state index is 0.0961. The summed E-state index contributed by atoms with van der Waals surface area (Å²) < 4.78 is 4.07. The van der Waals surface area contributed by atoms with Gasteiger partial charge in [-0.25, -0.2) is 9.48 Å². The Kier molecular flexibility index (Phi) is 4.32. The van der Waals surface area contributed by atoms with Crippen molar-refractivity contribution in [2.75, 3.05) is 0 Å². The van der Waals surface area contributed by atoms with Gasteiger partial charge in [-0.3, -0.25) is 14.6 Å². The van der Waals surface area contributed by atoms with Crippen molar-refractivity contribution in [2.24, 2.45) is 0 Å². The molecule has 1 aliphatic rings. The zero-order valence-corrected chi connectivity index (χ0v) is 17.1. The molecule has 0 aliphatic heterocycles. The molecule has 12 heteroatoms. The minimum atomic E-state index is -0.880. The van der Waals surface area contributed by atoms with Gasteiger partial charge in [-0.2, -0.15) is 5.10 Å². The maximum absolute atomic E-state index is 12.3. The molecule has 1 fully saturated rings. The second-order valence-corrected chi connectivity index (χ2v) is 7.78. The average Bonchev–Trinajstić information content (AvgIpc) is 3.47. The third kappa shape index (κ3) is 3.06. The number of halogens is 2. The van der Waals surface area contributed by atoms with Crippen molar-refractivity contribution < 1.29 is 0 Å². The third-order valence-electron chi connectivity index (χ3n) is 4.95. The SMILES string of the molecule is [C-]#[N+]c1nn(-c2cc(Cl)c(-n3ncc4c3ccc(=O)n4C3CC3)c(Cl)c2)c(=O)[nH]c1=O. The van der Waals surface area contributed by atoms with Gasteiger partial charge in [0.05, 0.1) is 33.0 Å². The van der Waals surface area contributed by atoms with Crippen LogP contribution in [0.25, 0.3) is 27.3 Å². The monoisotopic (exact) mass is 455 g/mol. The molecule has 0 unspecified atom stereocenters. The highest BCUT2D eigenvalue weighted by molar-refractivity contribution is 6.38. The first-order chi connectivity index (χ1) is 14.9. The second-order valence-electron chi connectivity index (χ2n) is 6.96. The van der Waals surface area contributed by atoms with Crippen molar-refractivity contribution >= 4 is 40.1 Å². The first kappa shape index (κ1) is 19.3. The molecule has 0 atom stereocenters. The Labute approximate surface area is 182 Å². The largest absolute Gasteiger partial charge is 0.365 e. The van der Waals surface area contributed by atoms with Crippen molar-refractivity contribution in [3.05, 3.63) is 83.1 Å². The van der Waals surface area contributed by atoms with E-state index in [2.05, 4.69) is 15.0 Å². The van der Waals surface area contributed by atoms with Crippen LogP contribution in [0.3, 0.4) is 0 Å². The molecule has 5 rings (SSSR count). The molecule has 0 saturated heterocycles. The number of aromatic amines is 1. The van der Waals surface area contributed by atoms with Crippen molar-refractivity contribution in [1.82, 2.24) is 29.1 Å². The summed E-state index contributed by atoms with van der Waals surface area (Å²) in [6.07, 6.45) is 3.47. The third-order valence-corrected chi connectivity index (χ3v) is 5.53. The number of aromatic nitrogens is 6. The molecule has 0 bridgehead atoms. The molecule has 1 saturated carbocycles. The highest BCUT2D eigenvalue weighted by Gasteiger charge is 2.27. The lowest BCUT2D eigenvalue weighted by Gasteiger charge is -2.11. The number of hydrogen-bond acceptors (Lipinski definition) is 5. The van der Waals surface area contributed by atoms with E-state index in [1.54, 1.807) is 16.8 Å². The number of nitrogens with zero attached hydrogens (tertiary/aromatic N) is 6. The normalized spacial score (nSPS) is 13.5. The first-order valence-electron chi connectivity index (χ1n) is 9.09. The van der Waals surface area contributed by atoms with E-state index in [0.29, 0.717) is 16.7 Å². The summed E-state index contributed by atoms with van der Waals surface area (Å²) in [4.78, 5) is 41.1. The van der Waals surface area contributed by atoms with Gasteiger partial charge in [0.2, 0.25) is 0 Å². The van der Waals surface area contributed by atoms with Crippen LogP contribution < -0.4 is 16.8 Å². The number of H-pyrrole nitrogens is 1. The van der Waals surface area contributed by atoms with Crippen molar-refractivity contribution in [3.8, 4) is 11.4 Å². The van der Waals surface area contributed by atoms with Crippen molar-refractivity contribution in [3.63, 3.8) is 0 Å². The summed E-state index contributed by atoms with van der Waals surface area (Å²) >= 11 is 13.0. The van der Waals surface area contributed by atoms with Crippen LogP contribution in [0.15, 0.2) is 44.8 Å². The van der Waals surface area contributed by atoms with Crippen molar-refractivity contribution in [1.29, 1.82) is 0 Å². The molecular formula is C19H11Cl2N7O3. The first-order valence-corrected chi connectivity index (χ1v) is 9.85. The molecule has 1 aliphatic carbocycles. The second kappa shape index (κ2) is 6.94. The number of benzene rings is 1. The summed E-state index contributed by atoms with van der Waals surface area (Å²) in [5.74, 6) is -0.493. The predicted molar refractivity (Wildman–Crippen MR) is 114 cm³/mol. The Balaban J connectivity index is 1.70. The van der Waals surface area contributed by atoms with Gasteiger partial charge in [-0.1, -0.05) is 29.8 Å². The van der Waals surface area contributed by atoms with E-state index in [4.69, 9.17) is 29.8 Å². The van der Waals surface area contributed by atoms with Gasteiger partial charge in [0, 0.05) is 12.1 Å². The standard InChI is InChI=1S/C19H11Cl2N7O3/c1-22-17-18(30)24-19(31)27(25-17)10-6-11(20)16(12(21)7-10)28-13-4-5-15(29)26(9-2-3-9)14(13)8-23-28/h4-9H,2-3H2,(H,24,30,31). The Bertz CT molecular complexity index is 1580. The van der Waals surface area contributed by atoms with Crippen LogP contribution in [0.2, 0.25) is 10.0 Å². The van der Waals surface area contributed by atoms with Gasteiger partial charge in [0.15, 0.2) is 0 Å². The molecule has 4 aromatic rings. The van der Waals surface area contributed by atoms with Crippen molar-refractivity contribution in [2.45, 2.75) is 18.9 Å². The van der Waals surface area contributed by atoms with Crippen LogP contribution in [-0.4, -0.2) is 29.1 Å². The number of fused-ring (bicyclic) bond motifs is 1. The van der Waals surface area contributed by atoms with E-state index < -0.39 is 17.1 Å². The topological polar surface area (TPSA) is 112 Å². The summed E-state index contributed by atoms with van der Waals surface area (Å²) in [5.41, 5.74) is 0.0255. The van der Waals surface area contributed by atoms with Gasteiger partial charge in [-0.05, 0) is 36.1 Å². The maximum Gasteiger partial charge on any atom is 0.365 e. The molecule has 1 N–H and O–H groups in total. The molecular weight excluding hydrogens is 445 g/mol. The highest BCUT2D eigenvalue weighted by Crippen LogP contribution is 2.37. The summed E-state index contributed by atoms with van der Waals surface area (Å²) in [6, 6.07) is 6.14. The van der Waals surface area contributed by atoms with E-state index in [1.165, 1.54) is 22.9 Å². The molecule has 1 aromatic carbocycles. The molecule has 0 spiro atoms. The van der Waals surface area contributed by atoms with E-state index in [-0.39, 0.29) is 27.3 Å². The van der Waals surface area contributed by atoms with E-state index in [0.717, 1.165) is 17.5 Å². The number of rotatable bonds is 3. The van der Waals surface area contributed by atoms with Gasteiger partial charge in [0.25, 0.3) is 11.1 Å². The average molecular weight is 456 g/mol. The minimum Gasteiger partial charge on any atom is -0.354 e. The van der Waals surface area contributed by atoms with Crippen LogP contribution in [0, 0.1) is 6.57 Å². The van der Waals surface area contributed by atoms with Crippen LogP contribution >= 0.6 is 23.2 Å². The quantitative estimate of drug-likeness (QED) is 0.477. The smallest absolute Gasteiger partial charge is 0.354 e. The maximum atomic E-state index is 12.3. The summed E-state index contributed by atoms with van der Waals surface area (Å²) in [5, 5.41) is 8.44. The van der Waals surface area contributed by atoms with Gasteiger partial charge in [-0.15, -0.1) is 4.68 Å². The van der Waals surface area contributed by atoms with Crippen LogP contribution in [0.5, 0.6) is 0 Å². The highest BCUT2D eigenvalue weighted by atomic mass is 35.5. The molecule has 3 heterocycles. The van der Waals surface area contributed by atoms with Gasteiger partial charge < -0.3 is 9.41 Å². The Morgan fingerprint density at radius 1 is 1.06 bits per heavy atom. The molecule has 3 aromatic heterocycles. The van der Waals surface area contributed by atoms with Crippen LogP contribution in [-0.2, 0) is 0 Å². The summed E-state index contributed by atoms with van der Waals surface area (Å²) in [6.45, 7) is 7.01. The molecule has 10 nitrogen and oxygen atoms in total. The van der Waals surface area contributed by atoms with Gasteiger partial charge in [0.1, 0.15) is 5.69 Å². The molecule has 0 amide bonds. The zero-order chi connectivity index (χ0) is 21.9. The molecule has 31 heavy (non-hydrogen) atoms. The molecule has 154 valence electrons. The number of pyridine rings is 1. The Morgan fingerprint density at radius 2 is 1.77 bits per heavy atom. The Morgan fingerprint density at radius 3 is 2.42 bits per heavy atom. The van der Waals surface area contributed by atoms with Crippen LogP contribution in [0.1, 0.15) is 18.9 Å². The summed E-state index contributed by atoms with van der Waals surface area (Å²) in [7, 11) is 0. The fourth-order valence-electron chi connectivity index (χ4n) is 3.44. The zero-order valence-electron chi connectivity index (χ0n) is 15.5. The fraction of sp³-hybridized carbons (Fsp3) is 0.158. The van der Waals surface area contributed by atoms with Gasteiger partial charge >= 0.3 is 11.5 Å². The van der Waals surface area contributed by atoms with E-state index in [9.17, 15) is 14.4 Å². The molecule has 0 radical (unpaired) electrons. The van der Waals surface area contributed by atoms with Crippen LogP contribution in [0.4, 0.5) is 5.82 Å². The predicted octanol–water partition coefficient (Wildman–Crippen LogP) is 2.61. The number of nitrogens with one attached hydrogen (secondary N) is 1. The lowest BCUT2D eigenvalue weighted by molar-refractivity contribution is 0.739. The Hall–Kier alpha value is -3.68. The lowest BCUT2D eigenvalue weighted by atomic mass is 10.2. The lowest BCUT2D eigenvalue weighted by Crippen LogP contribution is -2.30. The fourth-order valence-corrected chi connectivity index (χ4v) is 4.08. The van der Waals surface area contributed by atoms with E-state index >= 15 is 0 Å².